The zero-order chi connectivity index (χ0) is 22.6. The fraction of sp³-hybridized carbons (Fsp3) is 0.318. The van der Waals surface area contributed by atoms with Crippen molar-refractivity contribution in [2.45, 2.75) is 39.0 Å². The Hall–Kier alpha value is -2.78. The first-order valence-corrected chi connectivity index (χ1v) is 12.3. The maximum atomic E-state index is 13.4. The molecule has 2 aromatic carbocycles. The molecule has 0 atom stereocenters. The number of carbonyl (C=O) groups excluding carboxylic acids is 1. The zero-order valence-corrected chi connectivity index (χ0v) is 19.6. The van der Waals surface area contributed by atoms with Gasteiger partial charge in [-0.15, -0.1) is 10.2 Å². The number of para-hydroxylation sites is 1. The standard InChI is InChI=1S/C22H26N4O3S2/c1-5-26(18-9-7-6-8-10-18)31(28,29)19-14-17(12-11-16(19)4)21(27)23-22-25-24-20(30-22)13-15(2)3/h6-12,14-15H,5,13H2,1-4H3,(H,23,25,27). The van der Waals surface area contributed by atoms with E-state index in [0.717, 1.165) is 11.4 Å². The number of aryl methyl sites for hydroxylation is 1. The van der Waals surface area contributed by atoms with E-state index in [9.17, 15) is 13.2 Å². The highest BCUT2D eigenvalue weighted by Gasteiger charge is 2.26. The maximum absolute atomic E-state index is 13.4. The molecule has 3 aromatic rings. The van der Waals surface area contributed by atoms with Gasteiger partial charge in [0, 0.05) is 18.5 Å². The molecule has 7 nitrogen and oxygen atoms in total. The van der Waals surface area contributed by atoms with Gasteiger partial charge in [-0.2, -0.15) is 0 Å². The van der Waals surface area contributed by atoms with Crippen LogP contribution in [0.2, 0.25) is 0 Å². The first kappa shape index (κ1) is 22.9. The lowest BCUT2D eigenvalue weighted by atomic mass is 10.1. The second-order valence-electron chi connectivity index (χ2n) is 7.54. The number of rotatable bonds is 8. The lowest BCUT2D eigenvalue weighted by Gasteiger charge is -2.24. The number of aromatic nitrogens is 2. The van der Waals surface area contributed by atoms with Crippen LogP contribution < -0.4 is 9.62 Å². The Kier molecular flexibility index (Phi) is 7.07. The van der Waals surface area contributed by atoms with Crippen molar-refractivity contribution in [1.29, 1.82) is 0 Å². The predicted octanol–water partition coefficient (Wildman–Crippen LogP) is 4.51. The molecule has 1 heterocycles. The summed E-state index contributed by atoms with van der Waals surface area (Å²) in [5.41, 5.74) is 1.39. The molecule has 3 rings (SSSR count). The third kappa shape index (κ3) is 5.29. The van der Waals surface area contributed by atoms with E-state index in [1.54, 1.807) is 50.2 Å². The van der Waals surface area contributed by atoms with Gasteiger partial charge >= 0.3 is 0 Å². The van der Waals surface area contributed by atoms with Crippen LogP contribution in [0, 0.1) is 12.8 Å². The topological polar surface area (TPSA) is 92.3 Å². The van der Waals surface area contributed by atoms with Crippen molar-refractivity contribution in [3.8, 4) is 0 Å². The second kappa shape index (κ2) is 9.57. The van der Waals surface area contributed by atoms with Gasteiger partial charge < -0.3 is 0 Å². The highest BCUT2D eigenvalue weighted by molar-refractivity contribution is 7.92. The van der Waals surface area contributed by atoms with Crippen LogP contribution in [-0.4, -0.2) is 31.1 Å². The molecule has 1 aromatic heterocycles. The molecule has 0 spiro atoms. The molecule has 31 heavy (non-hydrogen) atoms. The SMILES string of the molecule is CCN(c1ccccc1)S(=O)(=O)c1cc(C(=O)Nc2nnc(CC(C)C)s2)ccc1C. The summed E-state index contributed by atoms with van der Waals surface area (Å²) in [5.74, 6) is 0.0129. The van der Waals surface area contributed by atoms with Crippen molar-refractivity contribution < 1.29 is 13.2 Å². The number of sulfonamides is 1. The zero-order valence-electron chi connectivity index (χ0n) is 18.0. The van der Waals surface area contributed by atoms with Crippen molar-refractivity contribution in [1.82, 2.24) is 10.2 Å². The first-order valence-electron chi connectivity index (χ1n) is 10.0. The highest BCUT2D eigenvalue weighted by Crippen LogP contribution is 2.27. The number of nitrogens with one attached hydrogen (secondary N) is 1. The number of carbonyl (C=O) groups is 1. The first-order chi connectivity index (χ1) is 14.7. The molecule has 0 aliphatic rings. The smallest absolute Gasteiger partial charge is 0.264 e. The largest absolute Gasteiger partial charge is 0.296 e. The lowest BCUT2D eigenvalue weighted by Crippen LogP contribution is -2.31. The van der Waals surface area contributed by atoms with Crippen molar-refractivity contribution in [3.63, 3.8) is 0 Å². The Balaban J connectivity index is 1.88. The van der Waals surface area contributed by atoms with Crippen LogP contribution in [0.5, 0.6) is 0 Å². The Morgan fingerprint density at radius 3 is 2.48 bits per heavy atom. The molecule has 0 aliphatic heterocycles. The highest BCUT2D eigenvalue weighted by atomic mass is 32.2. The molecule has 0 fully saturated rings. The fourth-order valence-corrected chi connectivity index (χ4v) is 5.80. The molecular formula is C22H26N4O3S2. The Morgan fingerprint density at radius 1 is 1.13 bits per heavy atom. The molecule has 1 N–H and O–H groups in total. The molecular weight excluding hydrogens is 432 g/mol. The summed E-state index contributed by atoms with van der Waals surface area (Å²) in [6.45, 7) is 7.94. The van der Waals surface area contributed by atoms with Crippen molar-refractivity contribution >= 4 is 38.1 Å². The van der Waals surface area contributed by atoms with E-state index in [-0.39, 0.29) is 17.0 Å². The van der Waals surface area contributed by atoms with Gasteiger partial charge in [-0.3, -0.25) is 14.4 Å². The van der Waals surface area contributed by atoms with Crippen LogP contribution >= 0.6 is 11.3 Å². The van der Waals surface area contributed by atoms with Gasteiger partial charge in [0.05, 0.1) is 10.6 Å². The van der Waals surface area contributed by atoms with E-state index < -0.39 is 15.9 Å². The molecule has 0 radical (unpaired) electrons. The van der Waals surface area contributed by atoms with Gasteiger partial charge in [-0.25, -0.2) is 8.42 Å². The lowest BCUT2D eigenvalue weighted by molar-refractivity contribution is 0.102. The van der Waals surface area contributed by atoms with Gasteiger partial charge in [-0.1, -0.05) is 49.4 Å². The van der Waals surface area contributed by atoms with Crippen LogP contribution in [0.3, 0.4) is 0 Å². The van der Waals surface area contributed by atoms with Crippen LogP contribution in [0.4, 0.5) is 10.8 Å². The molecule has 1 amide bonds. The number of anilines is 2. The van der Waals surface area contributed by atoms with E-state index in [4.69, 9.17) is 0 Å². The quantitative estimate of drug-likeness (QED) is 0.536. The second-order valence-corrected chi connectivity index (χ2v) is 10.4. The van der Waals surface area contributed by atoms with E-state index >= 15 is 0 Å². The normalized spacial score (nSPS) is 11.5. The Bertz CT molecular complexity index is 1160. The van der Waals surface area contributed by atoms with Crippen molar-refractivity contribution in [2.75, 3.05) is 16.2 Å². The van der Waals surface area contributed by atoms with Crippen LogP contribution in [0.25, 0.3) is 0 Å². The van der Waals surface area contributed by atoms with Gasteiger partial charge in [0.2, 0.25) is 5.13 Å². The van der Waals surface area contributed by atoms with Gasteiger partial charge in [0.15, 0.2) is 0 Å². The summed E-state index contributed by atoms with van der Waals surface area (Å²) in [6, 6.07) is 13.6. The molecule has 164 valence electrons. The number of benzene rings is 2. The predicted molar refractivity (Wildman–Crippen MR) is 124 cm³/mol. The number of hydrogen-bond donors (Lipinski definition) is 1. The summed E-state index contributed by atoms with van der Waals surface area (Å²) in [5, 5.41) is 12.1. The number of hydrogen-bond acceptors (Lipinski definition) is 6. The average molecular weight is 459 g/mol. The van der Waals surface area contributed by atoms with Crippen molar-refractivity contribution in [3.05, 3.63) is 64.7 Å². The summed E-state index contributed by atoms with van der Waals surface area (Å²) in [7, 11) is -3.85. The molecule has 0 bridgehead atoms. The maximum Gasteiger partial charge on any atom is 0.264 e. The molecule has 0 aliphatic carbocycles. The van der Waals surface area contributed by atoms with Gasteiger partial charge in [-0.05, 0) is 49.6 Å². The van der Waals surface area contributed by atoms with Gasteiger partial charge in [0.1, 0.15) is 5.01 Å². The average Bonchev–Trinajstić information content (AvgIpc) is 3.15. The molecule has 0 unspecified atom stereocenters. The van der Waals surface area contributed by atoms with E-state index in [0.29, 0.717) is 22.3 Å². The minimum atomic E-state index is -3.85. The van der Waals surface area contributed by atoms with Gasteiger partial charge in [0.25, 0.3) is 15.9 Å². The Labute approximate surface area is 187 Å². The molecule has 9 heteroatoms. The summed E-state index contributed by atoms with van der Waals surface area (Å²) < 4.78 is 28.1. The van der Waals surface area contributed by atoms with Crippen molar-refractivity contribution in [2.24, 2.45) is 5.92 Å². The van der Waals surface area contributed by atoms with Crippen LogP contribution in [-0.2, 0) is 16.4 Å². The minimum absolute atomic E-state index is 0.101. The monoisotopic (exact) mass is 458 g/mol. The Morgan fingerprint density at radius 2 is 1.84 bits per heavy atom. The fourth-order valence-electron chi connectivity index (χ4n) is 3.13. The molecule has 0 saturated carbocycles. The third-order valence-corrected chi connectivity index (χ3v) is 7.53. The summed E-state index contributed by atoms with van der Waals surface area (Å²) >= 11 is 1.32. The summed E-state index contributed by atoms with van der Waals surface area (Å²) in [6.07, 6.45) is 0.785. The number of nitrogens with zero attached hydrogens (tertiary/aromatic N) is 3. The third-order valence-electron chi connectivity index (χ3n) is 4.62. The summed E-state index contributed by atoms with van der Waals surface area (Å²) in [4.78, 5) is 12.9. The van der Waals surface area contributed by atoms with Crippen LogP contribution in [0.1, 0.15) is 41.7 Å². The van der Waals surface area contributed by atoms with E-state index in [1.807, 2.05) is 6.07 Å². The van der Waals surface area contributed by atoms with E-state index in [2.05, 4.69) is 29.4 Å². The minimum Gasteiger partial charge on any atom is -0.296 e. The van der Waals surface area contributed by atoms with Crippen LogP contribution in [0.15, 0.2) is 53.4 Å². The number of amides is 1. The van der Waals surface area contributed by atoms with E-state index in [1.165, 1.54) is 21.7 Å². The molecule has 0 saturated heterocycles.